The molecule has 1 heterocycles. The minimum Gasteiger partial charge on any atom is -0.490 e. The average molecular weight is 603 g/mol. The third kappa shape index (κ3) is 6.29. The van der Waals surface area contributed by atoms with Gasteiger partial charge in [0.25, 0.3) is 0 Å². The van der Waals surface area contributed by atoms with Gasteiger partial charge >= 0.3 is 0 Å². The van der Waals surface area contributed by atoms with Gasteiger partial charge in [-0.3, -0.25) is 4.79 Å². The highest BCUT2D eigenvalue weighted by Crippen LogP contribution is 2.37. The Morgan fingerprint density at radius 2 is 1.40 bits per heavy atom. The summed E-state index contributed by atoms with van der Waals surface area (Å²) in [6.45, 7) is 4.37. The molecule has 0 saturated carbocycles. The molecule has 0 atom stereocenters. The van der Waals surface area contributed by atoms with E-state index < -0.39 is 0 Å². The maximum Gasteiger partial charge on any atom is 0.163 e. The van der Waals surface area contributed by atoms with Crippen LogP contribution in [0.5, 0.6) is 5.75 Å². The summed E-state index contributed by atoms with van der Waals surface area (Å²) in [6.07, 6.45) is 0. The van der Waals surface area contributed by atoms with E-state index in [0.717, 1.165) is 43.1 Å². The predicted octanol–water partition coefficient (Wildman–Crippen LogP) is 7.47. The van der Waals surface area contributed by atoms with E-state index in [-0.39, 0.29) is 5.78 Å². The topological polar surface area (TPSA) is 58.9 Å². The first-order chi connectivity index (χ1) is 19.6. The Bertz CT molecular complexity index is 1610. The van der Waals surface area contributed by atoms with Crippen molar-refractivity contribution in [2.45, 2.75) is 6.92 Å². The summed E-state index contributed by atoms with van der Waals surface area (Å²) >= 11 is 3.65. The number of Topliss-reactive ketones (excluding diaryl/α,β-unsaturated/α-hetero) is 1. The van der Waals surface area contributed by atoms with Crippen molar-refractivity contribution < 1.29 is 23.7 Å². The fourth-order valence-electron chi connectivity index (χ4n) is 4.81. The lowest BCUT2D eigenvalue weighted by molar-refractivity contribution is 0.0179. The number of benzene rings is 4. The second-order valence-corrected chi connectivity index (χ2v) is 10.3. The summed E-state index contributed by atoms with van der Waals surface area (Å²) in [5.74, 6) is 0.486. The fraction of sp³-hybridized carbons (Fsp3) is 0.242. The largest absolute Gasteiger partial charge is 0.490 e. The molecule has 0 unspecified atom stereocenters. The Morgan fingerprint density at radius 1 is 0.725 bits per heavy atom. The Hall–Kier alpha value is -3.49. The fourth-order valence-corrected chi connectivity index (χ4v) is 5.16. The van der Waals surface area contributed by atoms with Gasteiger partial charge in [0, 0.05) is 28.0 Å². The molecule has 5 aromatic rings. The van der Waals surface area contributed by atoms with Crippen LogP contribution in [0.2, 0.25) is 0 Å². The summed E-state index contributed by atoms with van der Waals surface area (Å²) in [7, 11) is 1.64. The number of carbonyl (C=O) groups excluding carboxylic acids is 1. The number of hydrogen-bond donors (Lipinski definition) is 0. The Balaban J connectivity index is 1.44. The first kappa shape index (κ1) is 28.1. The van der Waals surface area contributed by atoms with Crippen LogP contribution in [0.25, 0.3) is 38.6 Å². The number of fused-ring (bicyclic) bond motifs is 3. The van der Waals surface area contributed by atoms with Crippen LogP contribution in [-0.2, 0) is 14.2 Å². The standard InChI is InChI=1S/C33H32BrNO5/c1-23(36)30-22-27(10-13-33(30)40-19-18-39-17-16-38-15-14-37-2)35-31-20-25(24-6-4-3-5-7-24)8-11-28(31)29-12-9-26(34)21-32(29)35/h3-13,20-22H,14-19H2,1-2H3. The molecule has 206 valence electrons. The Labute approximate surface area is 242 Å². The molecule has 4 aromatic carbocycles. The van der Waals surface area contributed by atoms with E-state index in [2.05, 4.69) is 69.0 Å². The zero-order valence-corrected chi connectivity index (χ0v) is 24.3. The summed E-state index contributed by atoms with van der Waals surface area (Å²) in [6, 6.07) is 29.0. The van der Waals surface area contributed by atoms with E-state index in [4.69, 9.17) is 18.9 Å². The van der Waals surface area contributed by atoms with E-state index in [1.54, 1.807) is 14.0 Å². The lowest BCUT2D eigenvalue weighted by atomic mass is 10.0. The molecule has 0 N–H and O–H groups in total. The predicted molar refractivity (Wildman–Crippen MR) is 163 cm³/mol. The van der Waals surface area contributed by atoms with Gasteiger partial charge in [-0.15, -0.1) is 0 Å². The van der Waals surface area contributed by atoms with Crippen LogP contribution in [0.1, 0.15) is 17.3 Å². The van der Waals surface area contributed by atoms with Gasteiger partial charge in [-0.1, -0.05) is 64.5 Å². The zero-order chi connectivity index (χ0) is 27.9. The van der Waals surface area contributed by atoms with Crippen LogP contribution in [0.4, 0.5) is 0 Å². The van der Waals surface area contributed by atoms with Gasteiger partial charge in [0.2, 0.25) is 0 Å². The lowest BCUT2D eigenvalue weighted by Gasteiger charge is -2.14. The van der Waals surface area contributed by atoms with E-state index in [1.165, 1.54) is 0 Å². The first-order valence-corrected chi connectivity index (χ1v) is 14.1. The van der Waals surface area contributed by atoms with Crippen molar-refractivity contribution in [3.8, 4) is 22.6 Å². The highest BCUT2D eigenvalue weighted by molar-refractivity contribution is 9.10. The third-order valence-electron chi connectivity index (χ3n) is 6.73. The quantitative estimate of drug-likeness (QED) is 0.103. The summed E-state index contributed by atoms with van der Waals surface area (Å²) < 4.78 is 25.1. The molecule has 0 aliphatic carbocycles. The number of nitrogens with zero attached hydrogens (tertiary/aromatic N) is 1. The normalized spacial score (nSPS) is 11.4. The minimum absolute atomic E-state index is 0.0590. The van der Waals surface area contributed by atoms with Gasteiger partial charge in [-0.05, 0) is 54.4 Å². The molecule has 0 amide bonds. The van der Waals surface area contributed by atoms with Crippen LogP contribution in [0, 0.1) is 0 Å². The second kappa shape index (κ2) is 13.2. The molecule has 6 nitrogen and oxygen atoms in total. The van der Waals surface area contributed by atoms with Gasteiger partial charge in [-0.2, -0.15) is 0 Å². The van der Waals surface area contributed by atoms with Crippen molar-refractivity contribution >= 4 is 43.5 Å². The Morgan fingerprint density at radius 3 is 2.12 bits per heavy atom. The lowest BCUT2D eigenvalue weighted by Crippen LogP contribution is -2.13. The summed E-state index contributed by atoms with van der Waals surface area (Å²) in [4.78, 5) is 12.7. The van der Waals surface area contributed by atoms with Gasteiger partial charge in [-0.25, -0.2) is 0 Å². The SMILES string of the molecule is COCCOCCOCCOc1ccc(-n2c3cc(Br)ccc3c3ccc(-c4ccccc4)cc32)cc1C(C)=O. The van der Waals surface area contributed by atoms with Crippen LogP contribution in [0.3, 0.4) is 0 Å². The number of aromatic nitrogens is 1. The van der Waals surface area contributed by atoms with Gasteiger partial charge < -0.3 is 23.5 Å². The highest BCUT2D eigenvalue weighted by atomic mass is 79.9. The van der Waals surface area contributed by atoms with E-state index in [9.17, 15) is 4.79 Å². The molecule has 0 spiro atoms. The van der Waals surface area contributed by atoms with E-state index in [0.29, 0.717) is 51.0 Å². The number of halogens is 1. The number of ether oxygens (including phenoxy) is 4. The van der Waals surface area contributed by atoms with Crippen molar-refractivity contribution in [3.05, 3.63) is 95.0 Å². The minimum atomic E-state index is -0.0590. The molecular weight excluding hydrogens is 570 g/mol. The number of rotatable bonds is 13. The molecular formula is C33H32BrNO5. The van der Waals surface area contributed by atoms with Crippen LogP contribution in [0.15, 0.2) is 89.4 Å². The van der Waals surface area contributed by atoms with Crippen molar-refractivity contribution in [1.29, 1.82) is 0 Å². The molecule has 0 aliphatic heterocycles. The highest BCUT2D eigenvalue weighted by Gasteiger charge is 2.17. The molecule has 40 heavy (non-hydrogen) atoms. The van der Waals surface area contributed by atoms with Crippen molar-refractivity contribution in [3.63, 3.8) is 0 Å². The van der Waals surface area contributed by atoms with E-state index >= 15 is 0 Å². The maximum atomic E-state index is 12.7. The molecule has 5 rings (SSSR count). The molecule has 0 bridgehead atoms. The summed E-state index contributed by atoms with van der Waals surface area (Å²) in [5, 5.41) is 2.29. The van der Waals surface area contributed by atoms with Gasteiger partial charge in [0.05, 0.1) is 49.6 Å². The number of carbonyl (C=O) groups is 1. The van der Waals surface area contributed by atoms with Crippen molar-refractivity contribution in [2.75, 3.05) is 46.8 Å². The van der Waals surface area contributed by atoms with Crippen LogP contribution < -0.4 is 4.74 Å². The summed E-state index contributed by atoms with van der Waals surface area (Å²) in [5.41, 5.74) is 5.83. The average Bonchev–Trinajstić information content (AvgIpc) is 3.29. The second-order valence-electron chi connectivity index (χ2n) is 9.40. The van der Waals surface area contributed by atoms with Gasteiger partial charge in [0.1, 0.15) is 12.4 Å². The Kier molecular flexibility index (Phi) is 9.29. The van der Waals surface area contributed by atoms with Crippen LogP contribution in [-0.4, -0.2) is 57.1 Å². The van der Waals surface area contributed by atoms with Crippen molar-refractivity contribution in [2.24, 2.45) is 0 Å². The number of methoxy groups -OCH3 is 1. The molecule has 0 radical (unpaired) electrons. The first-order valence-electron chi connectivity index (χ1n) is 13.3. The molecule has 1 aromatic heterocycles. The van der Waals surface area contributed by atoms with Gasteiger partial charge in [0.15, 0.2) is 5.78 Å². The molecule has 0 saturated heterocycles. The molecule has 0 aliphatic rings. The van der Waals surface area contributed by atoms with E-state index in [1.807, 2.05) is 36.4 Å². The van der Waals surface area contributed by atoms with Crippen molar-refractivity contribution in [1.82, 2.24) is 4.57 Å². The zero-order valence-electron chi connectivity index (χ0n) is 22.7. The molecule has 7 heteroatoms. The third-order valence-corrected chi connectivity index (χ3v) is 7.22. The van der Waals surface area contributed by atoms with Crippen LogP contribution >= 0.6 is 15.9 Å². The maximum absolute atomic E-state index is 12.7. The number of ketones is 1. The smallest absolute Gasteiger partial charge is 0.163 e. The molecule has 0 fully saturated rings. The monoisotopic (exact) mass is 601 g/mol. The number of hydrogen-bond acceptors (Lipinski definition) is 5.